The van der Waals surface area contributed by atoms with Crippen LogP contribution < -0.4 is 9.64 Å². The number of rotatable bonds is 8. The quantitative estimate of drug-likeness (QED) is 0.609. The molecule has 0 radical (unpaired) electrons. The van der Waals surface area contributed by atoms with E-state index in [1.165, 1.54) is 5.56 Å². The number of nitrogens with zero attached hydrogens (tertiary/aromatic N) is 2. The van der Waals surface area contributed by atoms with Crippen LogP contribution in [0.1, 0.15) is 38.2 Å². The zero-order chi connectivity index (χ0) is 19.8. The summed E-state index contributed by atoms with van der Waals surface area (Å²) in [5.74, 6) is 1.05. The normalized spacial score (nSPS) is 14.8. The molecule has 0 atom stereocenters. The first kappa shape index (κ1) is 23.2. The van der Waals surface area contributed by atoms with Crippen molar-refractivity contribution in [1.82, 2.24) is 4.90 Å². The number of hydrogen-bond donors (Lipinski definition) is 0. The zero-order valence-electron chi connectivity index (χ0n) is 17.5. The van der Waals surface area contributed by atoms with Crippen molar-refractivity contribution in [3.63, 3.8) is 0 Å². The van der Waals surface area contributed by atoms with Gasteiger partial charge < -0.3 is 14.5 Å². The molecule has 1 saturated heterocycles. The van der Waals surface area contributed by atoms with Gasteiger partial charge in [0, 0.05) is 37.8 Å². The van der Waals surface area contributed by atoms with Crippen LogP contribution in [-0.4, -0.2) is 43.6 Å². The molecule has 29 heavy (non-hydrogen) atoms. The molecular formula is C24H33ClN2O2. The van der Waals surface area contributed by atoms with E-state index < -0.39 is 0 Å². The maximum Gasteiger partial charge on any atom is 0.227 e. The van der Waals surface area contributed by atoms with E-state index in [4.69, 9.17) is 4.74 Å². The first-order valence-electron chi connectivity index (χ1n) is 10.4. The highest BCUT2D eigenvalue weighted by atomic mass is 35.5. The highest BCUT2D eigenvalue weighted by molar-refractivity contribution is 5.94. The molecule has 4 nitrogen and oxygen atoms in total. The van der Waals surface area contributed by atoms with E-state index in [9.17, 15) is 4.79 Å². The van der Waals surface area contributed by atoms with Crippen LogP contribution in [0.3, 0.4) is 0 Å². The summed E-state index contributed by atoms with van der Waals surface area (Å²) in [4.78, 5) is 17.4. The van der Waals surface area contributed by atoms with E-state index in [1.54, 1.807) is 7.11 Å². The zero-order valence-corrected chi connectivity index (χ0v) is 18.4. The summed E-state index contributed by atoms with van der Waals surface area (Å²) in [5, 5.41) is 0. The molecule has 0 spiro atoms. The van der Waals surface area contributed by atoms with Crippen molar-refractivity contribution in [3.8, 4) is 5.75 Å². The smallest absolute Gasteiger partial charge is 0.227 e. The molecule has 1 aliphatic heterocycles. The van der Waals surface area contributed by atoms with Gasteiger partial charge in [0.05, 0.1) is 7.11 Å². The Kier molecular flexibility index (Phi) is 9.49. The first-order chi connectivity index (χ1) is 13.7. The van der Waals surface area contributed by atoms with Gasteiger partial charge in [-0.15, -0.1) is 12.4 Å². The van der Waals surface area contributed by atoms with Gasteiger partial charge >= 0.3 is 0 Å². The second-order valence-electron chi connectivity index (χ2n) is 7.52. The number of hydrogen-bond acceptors (Lipinski definition) is 3. The number of benzene rings is 2. The maximum absolute atomic E-state index is 12.9. The SMILES string of the molecule is CCCC(=O)N(c1ccc(OC)cc1)C1CCN(CCc2ccccc2)CC1.Cl. The topological polar surface area (TPSA) is 32.8 Å². The summed E-state index contributed by atoms with van der Waals surface area (Å²) >= 11 is 0. The van der Waals surface area contributed by atoms with Crippen molar-refractivity contribution in [2.75, 3.05) is 31.6 Å². The summed E-state index contributed by atoms with van der Waals surface area (Å²) in [6.07, 6.45) is 4.61. The lowest BCUT2D eigenvalue weighted by Crippen LogP contribution is -2.48. The van der Waals surface area contributed by atoms with Gasteiger partial charge in [0.2, 0.25) is 5.91 Å². The van der Waals surface area contributed by atoms with Crippen molar-refractivity contribution < 1.29 is 9.53 Å². The van der Waals surface area contributed by atoms with Crippen LogP contribution in [0.5, 0.6) is 5.75 Å². The summed E-state index contributed by atoms with van der Waals surface area (Å²) in [6, 6.07) is 18.8. The van der Waals surface area contributed by atoms with Crippen molar-refractivity contribution in [2.24, 2.45) is 0 Å². The number of piperidine rings is 1. The fraction of sp³-hybridized carbons (Fsp3) is 0.458. The molecule has 0 unspecified atom stereocenters. The number of anilines is 1. The first-order valence-corrected chi connectivity index (χ1v) is 10.4. The van der Waals surface area contributed by atoms with Gasteiger partial charge in [-0.1, -0.05) is 37.3 Å². The van der Waals surface area contributed by atoms with Gasteiger partial charge in [-0.05, 0) is 55.5 Å². The van der Waals surface area contributed by atoms with E-state index in [0.29, 0.717) is 6.42 Å². The van der Waals surface area contributed by atoms with Crippen molar-refractivity contribution >= 4 is 24.0 Å². The summed E-state index contributed by atoms with van der Waals surface area (Å²) in [7, 11) is 1.67. The van der Waals surface area contributed by atoms with Crippen molar-refractivity contribution in [2.45, 2.75) is 45.1 Å². The number of likely N-dealkylation sites (tertiary alicyclic amines) is 1. The Labute approximate surface area is 181 Å². The Hall–Kier alpha value is -2.04. The number of amides is 1. The van der Waals surface area contributed by atoms with Crippen LogP contribution in [0.15, 0.2) is 54.6 Å². The van der Waals surface area contributed by atoms with Crippen LogP contribution in [0.2, 0.25) is 0 Å². The van der Waals surface area contributed by atoms with Crippen LogP contribution in [-0.2, 0) is 11.2 Å². The number of halogens is 1. The summed E-state index contributed by atoms with van der Waals surface area (Å²) < 4.78 is 5.27. The standard InChI is InChI=1S/C24H32N2O2.ClH/c1-3-7-24(27)26(21-10-12-23(28-2)13-11-21)22-15-18-25(19-16-22)17-14-20-8-5-4-6-9-20;/h4-6,8-13,22H,3,7,14-19H2,1-2H3;1H. The fourth-order valence-corrected chi connectivity index (χ4v) is 3.97. The van der Waals surface area contributed by atoms with Crippen LogP contribution in [0, 0.1) is 0 Å². The molecular weight excluding hydrogens is 384 g/mol. The van der Waals surface area contributed by atoms with Crippen molar-refractivity contribution in [1.29, 1.82) is 0 Å². The van der Waals surface area contributed by atoms with Crippen molar-refractivity contribution in [3.05, 3.63) is 60.2 Å². The Balaban J connectivity index is 0.00000300. The Morgan fingerprint density at radius 1 is 1.07 bits per heavy atom. The van der Waals surface area contributed by atoms with E-state index in [-0.39, 0.29) is 24.4 Å². The average molecular weight is 417 g/mol. The molecule has 2 aromatic carbocycles. The molecule has 158 valence electrons. The average Bonchev–Trinajstić information content (AvgIpc) is 2.75. The van der Waals surface area contributed by atoms with E-state index >= 15 is 0 Å². The predicted molar refractivity (Wildman–Crippen MR) is 122 cm³/mol. The van der Waals surface area contributed by atoms with Crippen LogP contribution >= 0.6 is 12.4 Å². The third kappa shape index (κ3) is 6.48. The van der Waals surface area contributed by atoms with E-state index in [1.807, 2.05) is 29.2 Å². The lowest BCUT2D eigenvalue weighted by atomic mass is 10.0. The second kappa shape index (κ2) is 11.8. The molecule has 0 saturated carbocycles. The minimum atomic E-state index is 0. The lowest BCUT2D eigenvalue weighted by molar-refractivity contribution is -0.119. The second-order valence-corrected chi connectivity index (χ2v) is 7.52. The third-order valence-corrected chi connectivity index (χ3v) is 5.56. The molecule has 0 aliphatic carbocycles. The van der Waals surface area contributed by atoms with E-state index in [2.05, 4.69) is 42.2 Å². The molecule has 1 amide bonds. The Morgan fingerprint density at radius 2 is 1.72 bits per heavy atom. The highest BCUT2D eigenvalue weighted by Gasteiger charge is 2.28. The minimum absolute atomic E-state index is 0. The molecule has 0 N–H and O–H groups in total. The molecule has 1 heterocycles. The summed E-state index contributed by atoms with van der Waals surface area (Å²) in [6.45, 7) is 5.24. The van der Waals surface area contributed by atoms with Gasteiger partial charge in [-0.25, -0.2) is 0 Å². The van der Waals surface area contributed by atoms with Gasteiger partial charge in [0.1, 0.15) is 5.75 Å². The summed E-state index contributed by atoms with van der Waals surface area (Å²) in [5.41, 5.74) is 2.38. The Morgan fingerprint density at radius 3 is 2.31 bits per heavy atom. The number of methoxy groups -OCH3 is 1. The molecule has 3 rings (SSSR count). The van der Waals surface area contributed by atoms with Crippen LogP contribution in [0.4, 0.5) is 5.69 Å². The molecule has 0 bridgehead atoms. The number of ether oxygens (including phenoxy) is 1. The molecule has 2 aromatic rings. The minimum Gasteiger partial charge on any atom is -0.497 e. The third-order valence-electron chi connectivity index (χ3n) is 5.56. The van der Waals surface area contributed by atoms with Gasteiger partial charge in [-0.2, -0.15) is 0 Å². The predicted octanol–water partition coefficient (Wildman–Crippen LogP) is 4.96. The molecule has 5 heteroatoms. The monoisotopic (exact) mass is 416 g/mol. The largest absolute Gasteiger partial charge is 0.497 e. The molecule has 1 aliphatic rings. The van der Waals surface area contributed by atoms with Gasteiger partial charge in [-0.3, -0.25) is 4.79 Å². The molecule has 1 fully saturated rings. The van der Waals surface area contributed by atoms with E-state index in [0.717, 1.165) is 56.8 Å². The Bertz CT molecular complexity index is 728. The fourth-order valence-electron chi connectivity index (χ4n) is 3.97. The molecule has 0 aromatic heterocycles. The van der Waals surface area contributed by atoms with Gasteiger partial charge in [0.15, 0.2) is 0 Å². The lowest BCUT2D eigenvalue weighted by Gasteiger charge is -2.38. The maximum atomic E-state index is 12.9. The highest BCUT2D eigenvalue weighted by Crippen LogP contribution is 2.27. The van der Waals surface area contributed by atoms with Gasteiger partial charge in [0.25, 0.3) is 0 Å². The number of carbonyl (C=O) groups is 1. The number of carbonyl (C=O) groups excluding carboxylic acids is 1. The van der Waals surface area contributed by atoms with Crippen LogP contribution in [0.25, 0.3) is 0 Å².